The van der Waals surface area contributed by atoms with Gasteiger partial charge in [-0.15, -0.1) is 0 Å². The monoisotopic (exact) mass is 741 g/mol. The van der Waals surface area contributed by atoms with E-state index in [2.05, 4.69) is 26.8 Å². The Morgan fingerprint density at radius 3 is 2.35 bits per heavy atom. The molecule has 1 heterocycles. The molecule has 13 heteroatoms. The fourth-order valence-corrected chi connectivity index (χ4v) is 7.16. The van der Waals surface area contributed by atoms with E-state index in [0.717, 1.165) is 6.07 Å². The second-order valence-corrected chi connectivity index (χ2v) is 14.1. The van der Waals surface area contributed by atoms with Crippen LogP contribution in [0, 0.1) is 11.6 Å². The first kappa shape index (κ1) is 35.1. The molecule has 0 aliphatic carbocycles. The lowest BCUT2D eigenvalue weighted by molar-refractivity contribution is -0.130. The van der Waals surface area contributed by atoms with E-state index in [1.807, 2.05) is 0 Å². The number of sulfone groups is 1. The van der Waals surface area contributed by atoms with Crippen molar-refractivity contribution in [2.45, 2.75) is 35.8 Å². The normalized spacial score (nSPS) is 17.4. The van der Waals surface area contributed by atoms with Crippen LogP contribution in [-0.4, -0.2) is 56.4 Å². The van der Waals surface area contributed by atoms with Crippen molar-refractivity contribution in [3.63, 3.8) is 0 Å². The fourth-order valence-electron chi connectivity index (χ4n) is 5.28. The first-order valence-corrected chi connectivity index (χ1v) is 17.7. The molecule has 4 aromatic rings. The highest BCUT2D eigenvalue weighted by Crippen LogP contribution is 2.45. The molecule has 0 bridgehead atoms. The van der Waals surface area contributed by atoms with Crippen molar-refractivity contribution in [1.82, 2.24) is 10.9 Å². The quantitative estimate of drug-likeness (QED) is 0.109. The topological polar surface area (TPSA) is 126 Å². The number of aliphatic hydroxyl groups excluding tert-OH is 1. The molecule has 1 amide bonds. The highest BCUT2D eigenvalue weighted by Gasteiger charge is 2.54. The summed E-state index contributed by atoms with van der Waals surface area (Å²) < 4.78 is 67.1. The summed E-state index contributed by atoms with van der Waals surface area (Å²) in [5.74, 6) is -1.81. The number of halogens is 3. The Balaban J connectivity index is 1.48. The number of benzene rings is 4. The summed E-state index contributed by atoms with van der Waals surface area (Å²) in [6.45, 7) is 0.446. The molecule has 2 atom stereocenters. The maximum atomic E-state index is 14.3. The smallest absolute Gasteiger partial charge is 0.266 e. The number of aliphatic imine (C=N–C) groups is 1. The van der Waals surface area contributed by atoms with E-state index in [1.54, 1.807) is 66.7 Å². The Morgan fingerprint density at radius 1 is 0.979 bits per heavy atom. The summed E-state index contributed by atoms with van der Waals surface area (Å²) in [5, 5.41) is 9.05. The molecule has 0 aromatic heterocycles. The van der Waals surface area contributed by atoms with Crippen molar-refractivity contribution in [3.05, 3.63) is 130 Å². The molecule has 252 valence electrons. The molecule has 4 aromatic carbocycles. The Bertz CT molecular complexity index is 1840. The molecule has 3 N–H and O–H groups in total. The zero-order valence-corrected chi connectivity index (χ0v) is 28.1. The van der Waals surface area contributed by atoms with E-state index in [0.29, 0.717) is 39.9 Å². The second-order valence-electron chi connectivity index (χ2n) is 11.1. The van der Waals surface area contributed by atoms with Crippen LogP contribution in [0.1, 0.15) is 35.6 Å². The van der Waals surface area contributed by atoms with Crippen molar-refractivity contribution in [2.24, 2.45) is 4.99 Å². The van der Waals surface area contributed by atoms with Crippen LogP contribution >= 0.6 is 15.9 Å². The average molecular weight is 743 g/mol. The minimum atomic E-state index is -3.85. The third-order valence-corrected chi connectivity index (χ3v) is 10.2. The summed E-state index contributed by atoms with van der Waals surface area (Å²) in [4.78, 5) is 19.2. The lowest BCUT2D eigenvalue weighted by atomic mass is 9.85. The minimum Gasteiger partial charge on any atom is -0.494 e. The fraction of sp³-hybridized carbons (Fsp3) is 0.257. The van der Waals surface area contributed by atoms with Crippen LogP contribution in [0.15, 0.2) is 111 Å². The molecule has 0 spiro atoms. The third kappa shape index (κ3) is 8.45. The van der Waals surface area contributed by atoms with Gasteiger partial charge in [-0.25, -0.2) is 27.6 Å². The first-order valence-electron chi connectivity index (χ1n) is 15.2. The molecule has 0 fully saturated rings. The lowest BCUT2D eigenvalue weighted by Crippen LogP contribution is -2.53. The van der Waals surface area contributed by atoms with Crippen LogP contribution in [-0.2, 0) is 25.8 Å². The number of hydrogen-bond acceptors (Lipinski definition) is 8. The van der Waals surface area contributed by atoms with Crippen LogP contribution in [0.2, 0.25) is 0 Å². The van der Waals surface area contributed by atoms with Crippen molar-refractivity contribution < 1.29 is 36.6 Å². The van der Waals surface area contributed by atoms with E-state index in [-0.39, 0.29) is 36.8 Å². The molecular formula is C35H34BrF2N3O6S. The zero-order chi connectivity index (χ0) is 34.1. The molecule has 1 aliphatic heterocycles. The van der Waals surface area contributed by atoms with Gasteiger partial charge in [-0.2, -0.15) is 0 Å². The van der Waals surface area contributed by atoms with Gasteiger partial charge in [0.05, 0.1) is 17.3 Å². The summed E-state index contributed by atoms with van der Waals surface area (Å²) >= 11 is 3.56. The predicted molar refractivity (Wildman–Crippen MR) is 180 cm³/mol. The molecule has 1 aliphatic rings. The Morgan fingerprint density at radius 2 is 1.67 bits per heavy atom. The predicted octanol–water partition coefficient (Wildman–Crippen LogP) is 5.47. The molecule has 0 saturated heterocycles. The van der Waals surface area contributed by atoms with Crippen LogP contribution < -0.4 is 15.6 Å². The number of nitrogens with zero attached hydrogens (tertiary/aromatic N) is 1. The van der Waals surface area contributed by atoms with E-state index in [9.17, 15) is 22.0 Å². The Hall–Kier alpha value is -4.17. The van der Waals surface area contributed by atoms with Crippen molar-refractivity contribution >= 4 is 37.6 Å². The highest BCUT2D eigenvalue weighted by molar-refractivity contribution is 9.10. The van der Waals surface area contributed by atoms with Crippen LogP contribution in [0.4, 0.5) is 8.78 Å². The molecular weight excluding hydrogens is 708 g/mol. The standard InChI is InChI=1S/C35H34BrF2N3O6S/c36-31-10-5-4-9-30(31)32-35(16-20-48(44,45)29-7-2-1-3-8-29,34(43)41-39-17-15-24-21-26(37)23-27(38)22-24)40-33(47-32)25-11-13-28(14-12-25)46-19-6-18-42/h1-5,7-14,21-23,32,39,42H,6,15-20H2,(H,41,43)/t32-,35-/m0/s1. The summed E-state index contributed by atoms with van der Waals surface area (Å²) in [6.07, 6.45) is -0.629. The summed E-state index contributed by atoms with van der Waals surface area (Å²) in [5.41, 5.74) is 5.19. The number of hydrazine groups is 1. The largest absolute Gasteiger partial charge is 0.494 e. The molecule has 48 heavy (non-hydrogen) atoms. The Kier molecular flexibility index (Phi) is 11.6. The van der Waals surface area contributed by atoms with Gasteiger partial charge in [-0.3, -0.25) is 10.2 Å². The third-order valence-electron chi connectivity index (χ3n) is 7.73. The number of carbonyl (C=O) groups excluding carboxylic acids is 1. The maximum absolute atomic E-state index is 14.3. The molecule has 0 unspecified atom stereocenters. The van der Waals surface area contributed by atoms with Crippen LogP contribution in [0.3, 0.4) is 0 Å². The van der Waals surface area contributed by atoms with E-state index in [4.69, 9.17) is 19.6 Å². The van der Waals surface area contributed by atoms with Crippen molar-refractivity contribution in [3.8, 4) is 5.75 Å². The van der Waals surface area contributed by atoms with E-state index >= 15 is 0 Å². The molecule has 0 radical (unpaired) electrons. The van der Waals surface area contributed by atoms with Crippen molar-refractivity contribution in [2.75, 3.05) is 25.5 Å². The molecule has 0 saturated carbocycles. The van der Waals surface area contributed by atoms with Crippen LogP contribution in [0.25, 0.3) is 0 Å². The first-order chi connectivity index (χ1) is 23.1. The van der Waals surface area contributed by atoms with E-state index < -0.39 is 44.8 Å². The number of rotatable bonds is 15. The van der Waals surface area contributed by atoms with Gasteiger partial charge < -0.3 is 14.6 Å². The van der Waals surface area contributed by atoms with Crippen molar-refractivity contribution in [1.29, 1.82) is 0 Å². The number of amides is 1. The van der Waals surface area contributed by atoms with Gasteiger partial charge >= 0.3 is 0 Å². The molecule has 9 nitrogen and oxygen atoms in total. The van der Waals surface area contributed by atoms with Gasteiger partial charge in [0, 0.05) is 47.7 Å². The van der Waals surface area contributed by atoms with Gasteiger partial charge in [0.15, 0.2) is 21.5 Å². The SMILES string of the molecule is O=C(NNCCc1cc(F)cc(F)c1)[C@@]1(CCS(=O)(=O)c2ccccc2)N=C(c2ccc(OCCCO)cc2)O[C@H]1c1ccccc1Br. The maximum Gasteiger partial charge on any atom is 0.266 e. The minimum absolute atomic E-state index is 0.00150. The van der Waals surface area contributed by atoms with E-state index in [1.165, 1.54) is 24.3 Å². The summed E-state index contributed by atoms with van der Waals surface area (Å²) in [6, 6.07) is 25.1. The van der Waals surface area contributed by atoms with Gasteiger partial charge in [-0.1, -0.05) is 52.3 Å². The highest BCUT2D eigenvalue weighted by atomic mass is 79.9. The van der Waals surface area contributed by atoms with Gasteiger partial charge in [0.2, 0.25) is 5.90 Å². The van der Waals surface area contributed by atoms with Crippen LogP contribution in [0.5, 0.6) is 5.75 Å². The zero-order valence-electron chi connectivity index (χ0n) is 25.7. The number of nitrogens with one attached hydrogen (secondary N) is 2. The Labute approximate surface area is 286 Å². The summed E-state index contributed by atoms with van der Waals surface area (Å²) in [7, 11) is -3.85. The molecule has 5 rings (SSSR count). The number of hydrogen-bond donors (Lipinski definition) is 3. The average Bonchev–Trinajstić information content (AvgIpc) is 3.47. The van der Waals surface area contributed by atoms with Gasteiger partial charge in [-0.05, 0) is 66.6 Å². The lowest BCUT2D eigenvalue weighted by Gasteiger charge is -2.31. The van der Waals surface area contributed by atoms with Gasteiger partial charge in [0.1, 0.15) is 17.4 Å². The van der Waals surface area contributed by atoms with Gasteiger partial charge in [0.25, 0.3) is 5.91 Å². The number of aliphatic hydroxyl groups is 1. The number of carbonyl (C=O) groups is 1. The second kappa shape index (κ2) is 15.8. The number of ether oxygens (including phenoxy) is 2.